The normalized spacial score (nSPS) is 18.4. The predicted molar refractivity (Wildman–Crippen MR) is 88.4 cm³/mol. The molecule has 3 nitrogen and oxygen atoms in total. The first-order chi connectivity index (χ1) is 10.6. The van der Waals surface area contributed by atoms with Crippen LogP contribution in [0.15, 0.2) is 48.5 Å². The van der Waals surface area contributed by atoms with Crippen molar-refractivity contribution in [1.82, 2.24) is 5.32 Å². The molecule has 1 aliphatic rings. The number of amides is 1. The summed E-state index contributed by atoms with van der Waals surface area (Å²) in [6.45, 7) is 1.58. The highest BCUT2D eigenvalue weighted by atomic mass is 16.1. The van der Waals surface area contributed by atoms with E-state index in [0.29, 0.717) is 0 Å². The fourth-order valence-electron chi connectivity index (χ4n) is 3.26. The molecule has 0 aliphatic heterocycles. The van der Waals surface area contributed by atoms with E-state index in [0.717, 1.165) is 30.4 Å². The molecule has 2 aromatic rings. The number of hydrogen-bond acceptors (Lipinski definition) is 2. The van der Waals surface area contributed by atoms with E-state index in [1.807, 2.05) is 18.2 Å². The summed E-state index contributed by atoms with van der Waals surface area (Å²) >= 11 is 0. The lowest BCUT2D eigenvalue weighted by Crippen LogP contribution is -2.29. The van der Waals surface area contributed by atoms with Gasteiger partial charge < -0.3 is 11.1 Å². The molecule has 0 bridgehead atoms. The molecule has 0 saturated carbocycles. The van der Waals surface area contributed by atoms with Gasteiger partial charge in [0.25, 0.3) is 0 Å². The van der Waals surface area contributed by atoms with Gasteiger partial charge in [-0.2, -0.15) is 0 Å². The number of benzene rings is 2. The summed E-state index contributed by atoms with van der Waals surface area (Å²) in [6.07, 6.45) is 3.19. The Balaban J connectivity index is 1.93. The second-order valence-electron chi connectivity index (χ2n) is 5.99. The van der Waals surface area contributed by atoms with E-state index < -0.39 is 0 Å². The van der Waals surface area contributed by atoms with Crippen molar-refractivity contribution in [2.75, 3.05) is 0 Å². The molecule has 0 spiro atoms. The van der Waals surface area contributed by atoms with Gasteiger partial charge in [-0.05, 0) is 41.5 Å². The monoisotopic (exact) mass is 294 g/mol. The third-order valence-corrected chi connectivity index (χ3v) is 4.38. The van der Waals surface area contributed by atoms with Crippen LogP contribution in [0.1, 0.15) is 54.1 Å². The van der Waals surface area contributed by atoms with Crippen LogP contribution in [0.4, 0.5) is 0 Å². The van der Waals surface area contributed by atoms with Gasteiger partial charge in [0.15, 0.2) is 0 Å². The number of nitrogens with two attached hydrogens (primary N) is 1. The highest BCUT2D eigenvalue weighted by molar-refractivity contribution is 5.73. The minimum Gasteiger partial charge on any atom is -0.350 e. The molecule has 3 rings (SSSR count). The second-order valence-corrected chi connectivity index (χ2v) is 5.99. The van der Waals surface area contributed by atoms with Gasteiger partial charge in [0, 0.05) is 6.92 Å². The molecule has 0 radical (unpaired) electrons. The van der Waals surface area contributed by atoms with Crippen LogP contribution in [-0.2, 0) is 11.2 Å². The fourth-order valence-corrected chi connectivity index (χ4v) is 3.26. The lowest BCUT2D eigenvalue weighted by Gasteiger charge is -2.27. The van der Waals surface area contributed by atoms with Crippen molar-refractivity contribution in [3.8, 4) is 0 Å². The first kappa shape index (κ1) is 14.8. The van der Waals surface area contributed by atoms with Crippen LogP contribution in [0.3, 0.4) is 0 Å². The van der Waals surface area contributed by atoms with Crippen LogP contribution in [0.5, 0.6) is 0 Å². The van der Waals surface area contributed by atoms with E-state index in [4.69, 9.17) is 5.73 Å². The molecule has 2 aromatic carbocycles. The average Bonchev–Trinajstić information content (AvgIpc) is 2.54. The molecule has 2 atom stereocenters. The third kappa shape index (κ3) is 3.04. The summed E-state index contributed by atoms with van der Waals surface area (Å²) in [5.74, 6) is 0.0237. The van der Waals surface area contributed by atoms with Gasteiger partial charge in [-0.3, -0.25) is 4.79 Å². The number of fused-ring (bicyclic) bond motifs is 1. The van der Waals surface area contributed by atoms with E-state index in [1.165, 1.54) is 11.1 Å². The Bertz CT molecular complexity index is 666. The molecule has 114 valence electrons. The largest absolute Gasteiger partial charge is 0.350 e. The van der Waals surface area contributed by atoms with Crippen molar-refractivity contribution in [2.24, 2.45) is 5.73 Å². The molecular formula is C19H22N2O. The fraction of sp³-hybridized carbons (Fsp3) is 0.316. The molecule has 0 fully saturated rings. The maximum atomic E-state index is 11.4. The Morgan fingerprint density at radius 3 is 2.68 bits per heavy atom. The summed E-state index contributed by atoms with van der Waals surface area (Å²) < 4.78 is 0. The van der Waals surface area contributed by atoms with Gasteiger partial charge in [-0.25, -0.2) is 0 Å². The topological polar surface area (TPSA) is 55.1 Å². The zero-order chi connectivity index (χ0) is 15.5. The first-order valence-corrected chi connectivity index (χ1v) is 7.85. The summed E-state index contributed by atoms with van der Waals surface area (Å²) in [5, 5.41) is 3.06. The molecule has 2 unspecified atom stereocenters. The van der Waals surface area contributed by atoms with E-state index in [1.54, 1.807) is 6.92 Å². The van der Waals surface area contributed by atoms with Gasteiger partial charge >= 0.3 is 0 Å². The van der Waals surface area contributed by atoms with Crippen molar-refractivity contribution in [3.05, 3.63) is 70.8 Å². The summed E-state index contributed by atoms with van der Waals surface area (Å²) in [6, 6.07) is 16.6. The highest BCUT2D eigenvalue weighted by Crippen LogP contribution is 2.32. The van der Waals surface area contributed by atoms with Crippen LogP contribution < -0.4 is 11.1 Å². The van der Waals surface area contributed by atoms with Gasteiger partial charge in [0.2, 0.25) is 5.91 Å². The lowest BCUT2D eigenvalue weighted by molar-refractivity contribution is -0.119. The molecule has 0 saturated heterocycles. The Morgan fingerprint density at radius 2 is 1.95 bits per heavy atom. The lowest BCUT2D eigenvalue weighted by atomic mass is 9.85. The van der Waals surface area contributed by atoms with E-state index in [-0.39, 0.29) is 18.0 Å². The standard InChI is InChI=1S/C19H22N2O/c1-13(22)21-18-9-5-8-14-10-11-16(12-17(14)18)19(20)15-6-3-2-4-7-15/h2-4,6-7,10-12,18-19H,5,8-9,20H2,1H3,(H,21,22). The SMILES string of the molecule is CC(=O)NC1CCCc2ccc(C(N)c3ccccc3)cc21. The van der Waals surface area contributed by atoms with Gasteiger partial charge in [0.1, 0.15) is 0 Å². The number of rotatable bonds is 3. The maximum Gasteiger partial charge on any atom is 0.217 e. The number of hydrogen-bond donors (Lipinski definition) is 2. The highest BCUT2D eigenvalue weighted by Gasteiger charge is 2.22. The van der Waals surface area contributed by atoms with Crippen molar-refractivity contribution < 1.29 is 4.79 Å². The molecular weight excluding hydrogens is 272 g/mol. The molecule has 22 heavy (non-hydrogen) atoms. The Hall–Kier alpha value is -2.13. The van der Waals surface area contributed by atoms with E-state index >= 15 is 0 Å². The summed E-state index contributed by atoms with van der Waals surface area (Å²) in [7, 11) is 0. The van der Waals surface area contributed by atoms with Crippen LogP contribution in [0.2, 0.25) is 0 Å². The predicted octanol–water partition coefficient (Wildman–Crippen LogP) is 3.25. The Kier molecular flexibility index (Phi) is 4.25. The second kappa shape index (κ2) is 6.32. The van der Waals surface area contributed by atoms with Crippen LogP contribution in [0, 0.1) is 0 Å². The third-order valence-electron chi connectivity index (χ3n) is 4.38. The van der Waals surface area contributed by atoms with Gasteiger partial charge in [-0.15, -0.1) is 0 Å². The van der Waals surface area contributed by atoms with Crippen LogP contribution in [-0.4, -0.2) is 5.91 Å². The number of aryl methyl sites for hydroxylation is 1. The van der Waals surface area contributed by atoms with E-state index in [9.17, 15) is 4.79 Å². The maximum absolute atomic E-state index is 11.4. The number of carbonyl (C=O) groups is 1. The van der Waals surface area contributed by atoms with Gasteiger partial charge in [-0.1, -0.05) is 48.5 Å². The smallest absolute Gasteiger partial charge is 0.217 e. The Labute approximate surface area is 131 Å². The zero-order valence-electron chi connectivity index (χ0n) is 12.9. The minimum absolute atomic E-state index is 0.0237. The first-order valence-electron chi connectivity index (χ1n) is 7.85. The van der Waals surface area contributed by atoms with Gasteiger partial charge in [0.05, 0.1) is 12.1 Å². The molecule has 1 aliphatic carbocycles. The molecule has 1 amide bonds. The average molecular weight is 294 g/mol. The number of carbonyl (C=O) groups excluding carboxylic acids is 1. The van der Waals surface area contributed by atoms with E-state index in [2.05, 4.69) is 35.6 Å². The van der Waals surface area contributed by atoms with Crippen LogP contribution in [0.25, 0.3) is 0 Å². The van der Waals surface area contributed by atoms with Crippen molar-refractivity contribution in [2.45, 2.75) is 38.3 Å². The van der Waals surface area contributed by atoms with Crippen molar-refractivity contribution in [1.29, 1.82) is 0 Å². The summed E-state index contributed by atoms with van der Waals surface area (Å²) in [4.78, 5) is 11.4. The quantitative estimate of drug-likeness (QED) is 0.913. The van der Waals surface area contributed by atoms with Crippen molar-refractivity contribution >= 4 is 5.91 Å². The van der Waals surface area contributed by atoms with Crippen molar-refractivity contribution in [3.63, 3.8) is 0 Å². The zero-order valence-corrected chi connectivity index (χ0v) is 12.9. The van der Waals surface area contributed by atoms with Crippen LogP contribution >= 0.6 is 0 Å². The molecule has 0 aromatic heterocycles. The Morgan fingerprint density at radius 1 is 1.18 bits per heavy atom. The summed E-state index contributed by atoms with van der Waals surface area (Å²) in [5.41, 5.74) is 11.2. The number of nitrogens with one attached hydrogen (secondary N) is 1. The molecule has 3 N–H and O–H groups in total. The minimum atomic E-state index is -0.133. The molecule has 0 heterocycles. The molecule has 3 heteroatoms.